The molecule has 0 saturated heterocycles. The number of phenolic OH excluding ortho intramolecular Hbond substituents is 1. The highest BCUT2D eigenvalue weighted by molar-refractivity contribution is 7.98. The van der Waals surface area contributed by atoms with E-state index in [1.54, 1.807) is 30.0 Å². The van der Waals surface area contributed by atoms with Gasteiger partial charge in [-0.15, -0.1) is 0 Å². The van der Waals surface area contributed by atoms with Crippen LogP contribution in [0.2, 0.25) is 0 Å². The first kappa shape index (κ1) is 11.0. The van der Waals surface area contributed by atoms with Crippen molar-refractivity contribution < 1.29 is 9.63 Å². The Morgan fingerprint density at radius 3 is 3.06 bits per heavy atom. The first-order valence-corrected chi connectivity index (χ1v) is 6.30. The van der Waals surface area contributed by atoms with E-state index >= 15 is 0 Å². The van der Waals surface area contributed by atoms with E-state index in [0.717, 1.165) is 17.7 Å². The zero-order chi connectivity index (χ0) is 11.4. The normalized spacial score (nSPS) is 10.6. The molecule has 0 unspecified atom stereocenters. The largest absolute Gasteiger partial charge is 0.508 e. The van der Waals surface area contributed by atoms with Crippen molar-refractivity contribution in [3.05, 3.63) is 30.2 Å². The number of thioether (sulfide) groups is 1. The second-order valence-electron chi connectivity index (χ2n) is 3.30. The number of hydrogen-bond donors (Lipinski definition) is 1. The van der Waals surface area contributed by atoms with E-state index in [1.165, 1.54) is 0 Å². The van der Waals surface area contributed by atoms with Crippen LogP contribution in [0.15, 0.2) is 28.8 Å². The molecule has 4 nitrogen and oxygen atoms in total. The number of benzene rings is 1. The Labute approximate surface area is 97.7 Å². The standard InChI is InChI=1S/C11H12N2O2S/c1-16-6-5-10-12-11(13-15-10)8-3-2-4-9(14)7-8/h2-4,7,14H,5-6H2,1H3. The average Bonchev–Trinajstić information content (AvgIpc) is 2.75. The first-order valence-electron chi connectivity index (χ1n) is 4.90. The summed E-state index contributed by atoms with van der Waals surface area (Å²) in [6, 6.07) is 6.81. The monoisotopic (exact) mass is 236 g/mol. The van der Waals surface area contributed by atoms with Gasteiger partial charge in [0, 0.05) is 17.7 Å². The summed E-state index contributed by atoms with van der Waals surface area (Å²) in [6.45, 7) is 0. The van der Waals surface area contributed by atoms with Crippen molar-refractivity contribution in [2.75, 3.05) is 12.0 Å². The predicted octanol–water partition coefficient (Wildman–Crippen LogP) is 2.35. The minimum atomic E-state index is 0.202. The van der Waals surface area contributed by atoms with E-state index in [0.29, 0.717) is 11.7 Å². The molecule has 0 radical (unpaired) electrons. The molecule has 1 aromatic heterocycles. The fourth-order valence-corrected chi connectivity index (χ4v) is 1.69. The minimum absolute atomic E-state index is 0.202. The third-order valence-corrected chi connectivity index (χ3v) is 2.70. The number of phenols is 1. The lowest BCUT2D eigenvalue weighted by molar-refractivity contribution is 0.383. The highest BCUT2D eigenvalue weighted by atomic mass is 32.2. The van der Waals surface area contributed by atoms with Gasteiger partial charge in [-0.25, -0.2) is 0 Å². The van der Waals surface area contributed by atoms with Crippen LogP contribution in [0.1, 0.15) is 5.89 Å². The Hall–Kier alpha value is -1.49. The Morgan fingerprint density at radius 1 is 1.44 bits per heavy atom. The van der Waals surface area contributed by atoms with E-state index in [2.05, 4.69) is 10.1 Å². The average molecular weight is 236 g/mol. The molecular weight excluding hydrogens is 224 g/mol. The first-order chi connectivity index (χ1) is 7.79. The second kappa shape index (κ2) is 5.03. The summed E-state index contributed by atoms with van der Waals surface area (Å²) in [5, 5.41) is 13.2. The number of rotatable bonds is 4. The van der Waals surface area contributed by atoms with Crippen LogP contribution < -0.4 is 0 Å². The van der Waals surface area contributed by atoms with Gasteiger partial charge in [0.2, 0.25) is 11.7 Å². The van der Waals surface area contributed by atoms with Crippen LogP contribution in [0, 0.1) is 0 Å². The summed E-state index contributed by atoms with van der Waals surface area (Å²) in [7, 11) is 0. The quantitative estimate of drug-likeness (QED) is 0.883. The van der Waals surface area contributed by atoms with E-state index in [1.807, 2.05) is 12.3 Å². The molecule has 1 N–H and O–H groups in total. The van der Waals surface area contributed by atoms with Gasteiger partial charge in [-0.2, -0.15) is 16.7 Å². The van der Waals surface area contributed by atoms with Crippen LogP contribution in [0.3, 0.4) is 0 Å². The molecule has 0 aliphatic heterocycles. The summed E-state index contributed by atoms with van der Waals surface area (Å²) in [6.07, 6.45) is 2.81. The van der Waals surface area contributed by atoms with Crippen molar-refractivity contribution >= 4 is 11.8 Å². The van der Waals surface area contributed by atoms with E-state index in [9.17, 15) is 5.11 Å². The van der Waals surface area contributed by atoms with Crippen LogP contribution in [0.4, 0.5) is 0 Å². The predicted molar refractivity (Wildman–Crippen MR) is 63.5 cm³/mol. The third-order valence-electron chi connectivity index (χ3n) is 2.09. The molecule has 16 heavy (non-hydrogen) atoms. The van der Waals surface area contributed by atoms with Crippen LogP contribution in [0.25, 0.3) is 11.4 Å². The third kappa shape index (κ3) is 2.55. The molecule has 0 amide bonds. The molecule has 0 atom stereocenters. The fraction of sp³-hybridized carbons (Fsp3) is 0.273. The maximum absolute atomic E-state index is 9.33. The Morgan fingerprint density at radius 2 is 2.31 bits per heavy atom. The molecule has 0 aliphatic rings. The molecule has 2 rings (SSSR count). The van der Waals surface area contributed by atoms with Gasteiger partial charge >= 0.3 is 0 Å². The maximum atomic E-state index is 9.33. The van der Waals surface area contributed by atoms with Gasteiger partial charge in [-0.1, -0.05) is 17.3 Å². The van der Waals surface area contributed by atoms with Gasteiger partial charge in [-0.3, -0.25) is 0 Å². The van der Waals surface area contributed by atoms with Crippen molar-refractivity contribution in [3.8, 4) is 17.1 Å². The number of hydrogen-bond acceptors (Lipinski definition) is 5. The zero-order valence-corrected chi connectivity index (χ0v) is 9.70. The van der Waals surface area contributed by atoms with Gasteiger partial charge in [0.15, 0.2) is 0 Å². The lowest BCUT2D eigenvalue weighted by Gasteiger charge is -1.94. The molecule has 0 saturated carbocycles. The minimum Gasteiger partial charge on any atom is -0.508 e. The van der Waals surface area contributed by atoms with Crippen LogP contribution in [-0.2, 0) is 6.42 Å². The summed E-state index contributed by atoms with van der Waals surface area (Å²) in [4.78, 5) is 4.26. The van der Waals surface area contributed by atoms with E-state index in [4.69, 9.17) is 4.52 Å². The molecule has 84 valence electrons. The Kier molecular flexibility index (Phi) is 3.46. The summed E-state index contributed by atoms with van der Waals surface area (Å²) >= 11 is 1.74. The molecule has 0 spiro atoms. The smallest absolute Gasteiger partial charge is 0.227 e. The number of aromatic nitrogens is 2. The van der Waals surface area contributed by atoms with E-state index in [-0.39, 0.29) is 5.75 Å². The van der Waals surface area contributed by atoms with Crippen molar-refractivity contribution in [1.29, 1.82) is 0 Å². The van der Waals surface area contributed by atoms with Gasteiger partial charge in [-0.05, 0) is 18.4 Å². The van der Waals surface area contributed by atoms with Crippen molar-refractivity contribution in [2.45, 2.75) is 6.42 Å². The van der Waals surface area contributed by atoms with Gasteiger partial charge in [0.05, 0.1) is 0 Å². The van der Waals surface area contributed by atoms with Gasteiger partial charge < -0.3 is 9.63 Å². The lowest BCUT2D eigenvalue weighted by Crippen LogP contribution is -1.87. The highest BCUT2D eigenvalue weighted by Gasteiger charge is 2.08. The van der Waals surface area contributed by atoms with Crippen molar-refractivity contribution in [1.82, 2.24) is 10.1 Å². The molecule has 0 aliphatic carbocycles. The van der Waals surface area contributed by atoms with Gasteiger partial charge in [0.1, 0.15) is 5.75 Å². The van der Waals surface area contributed by atoms with Gasteiger partial charge in [0.25, 0.3) is 0 Å². The summed E-state index contributed by atoms with van der Waals surface area (Å²) < 4.78 is 5.10. The second-order valence-corrected chi connectivity index (χ2v) is 4.29. The lowest BCUT2D eigenvalue weighted by atomic mass is 10.2. The molecule has 0 fully saturated rings. The van der Waals surface area contributed by atoms with E-state index < -0.39 is 0 Å². The summed E-state index contributed by atoms with van der Waals surface area (Å²) in [5.74, 6) is 2.31. The van der Waals surface area contributed by atoms with Crippen molar-refractivity contribution in [3.63, 3.8) is 0 Å². The maximum Gasteiger partial charge on any atom is 0.227 e. The molecular formula is C11H12N2O2S. The molecule has 2 aromatic rings. The number of nitrogens with zero attached hydrogens (tertiary/aromatic N) is 2. The summed E-state index contributed by atoms with van der Waals surface area (Å²) in [5.41, 5.74) is 0.763. The van der Waals surface area contributed by atoms with Crippen molar-refractivity contribution in [2.24, 2.45) is 0 Å². The van der Waals surface area contributed by atoms with Crippen LogP contribution >= 0.6 is 11.8 Å². The topological polar surface area (TPSA) is 59.2 Å². The Bertz CT molecular complexity index is 471. The highest BCUT2D eigenvalue weighted by Crippen LogP contribution is 2.20. The molecule has 1 heterocycles. The fourth-order valence-electron chi connectivity index (χ4n) is 1.31. The van der Waals surface area contributed by atoms with Crippen LogP contribution in [0.5, 0.6) is 5.75 Å². The molecule has 5 heteroatoms. The zero-order valence-electron chi connectivity index (χ0n) is 8.88. The number of aromatic hydroxyl groups is 1. The number of aryl methyl sites for hydroxylation is 1. The molecule has 0 bridgehead atoms. The SMILES string of the molecule is CSCCc1nc(-c2cccc(O)c2)no1. The molecule has 1 aromatic carbocycles. The Balaban J connectivity index is 2.18. The van der Waals surface area contributed by atoms with Crippen LogP contribution in [-0.4, -0.2) is 27.3 Å².